The number of carboxylic acid groups (broad SMARTS) is 1. The van der Waals surface area contributed by atoms with E-state index in [1.807, 2.05) is 0 Å². The lowest BCUT2D eigenvalue weighted by Crippen LogP contribution is -2.12. The monoisotopic (exact) mass is 431 g/mol. The lowest BCUT2D eigenvalue weighted by Gasteiger charge is -2.12. The predicted molar refractivity (Wildman–Crippen MR) is 104 cm³/mol. The molecular weight excluding hydrogens is 416 g/mol. The van der Waals surface area contributed by atoms with Crippen LogP contribution >= 0.6 is 11.3 Å². The van der Waals surface area contributed by atoms with Crippen LogP contribution in [-0.2, 0) is 11.3 Å². The minimum atomic E-state index is -1.17. The number of aromatic carboxylic acids is 1. The van der Waals surface area contributed by atoms with Crippen molar-refractivity contribution in [3.05, 3.63) is 64.2 Å². The molecule has 30 heavy (non-hydrogen) atoms. The fourth-order valence-electron chi connectivity index (χ4n) is 3.65. The highest BCUT2D eigenvalue weighted by molar-refractivity contribution is 7.17. The fourth-order valence-corrected chi connectivity index (χ4v) is 4.81. The van der Waals surface area contributed by atoms with Crippen molar-refractivity contribution in [2.24, 2.45) is 4.99 Å². The van der Waals surface area contributed by atoms with Crippen LogP contribution in [0.3, 0.4) is 0 Å². The third-order valence-corrected chi connectivity index (χ3v) is 6.11. The number of carbonyl (C=O) groups is 1. The molecule has 0 aliphatic carbocycles. The van der Waals surface area contributed by atoms with Gasteiger partial charge in [-0.15, -0.1) is 0 Å². The van der Waals surface area contributed by atoms with Crippen molar-refractivity contribution in [2.75, 3.05) is 13.2 Å². The van der Waals surface area contributed by atoms with E-state index < -0.39 is 23.6 Å². The van der Waals surface area contributed by atoms with Crippen molar-refractivity contribution in [3.8, 4) is 10.1 Å². The highest BCUT2D eigenvalue weighted by Crippen LogP contribution is 2.44. The van der Waals surface area contributed by atoms with Gasteiger partial charge in [-0.2, -0.15) is 0 Å². The van der Waals surface area contributed by atoms with Crippen LogP contribution in [0.15, 0.2) is 29.4 Å². The number of aromatic nitrogens is 2. The van der Waals surface area contributed by atoms with Gasteiger partial charge in [0.15, 0.2) is 10.8 Å². The summed E-state index contributed by atoms with van der Waals surface area (Å²) in [5.74, 6) is -2.30. The molecule has 2 aliphatic rings. The van der Waals surface area contributed by atoms with Crippen molar-refractivity contribution in [3.63, 3.8) is 0 Å². The van der Waals surface area contributed by atoms with Crippen LogP contribution in [0.1, 0.15) is 46.0 Å². The second kappa shape index (κ2) is 6.99. The van der Waals surface area contributed by atoms with E-state index in [-0.39, 0.29) is 23.6 Å². The number of nitrogens with zero attached hydrogens (tertiary/aromatic N) is 3. The summed E-state index contributed by atoms with van der Waals surface area (Å²) in [6.07, 6.45) is 1.39. The fraction of sp³-hybridized carbons (Fsp3) is 0.250. The molecule has 0 spiro atoms. The Bertz CT molecular complexity index is 1200. The lowest BCUT2D eigenvalue weighted by molar-refractivity contribution is 0.0691. The topological polar surface area (TPSA) is 85.9 Å². The van der Waals surface area contributed by atoms with Gasteiger partial charge in [-0.25, -0.2) is 18.6 Å². The van der Waals surface area contributed by atoms with E-state index in [4.69, 9.17) is 9.47 Å². The van der Waals surface area contributed by atoms with Gasteiger partial charge in [-0.05, 0) is 19.1 Å². The molecule has 0 amide bonds. The molecule has 4 heterocycles. The molecule has 0 saturated carbocycles. The second-order valence-electron chi connectivity index (χ2n) is 6.86. The van der Waals surface area contributed by atoms with Crippen molar-refractivity contribution >= 4 is 23.0 Å². The number of aliphatic imine (C=N–C) groups is 1. The molecule has 5 rings (SSSR count). The van der Waals surface area contributed by atoms with E-state index in [0.717, 1.165) is 0 Å². The summed E-state index contributed by atoms with van der Waals surface area (Å²) >= 11 is 1.25. The summed E-state index contributed by atoms with van der Waals surface area (Å²) in [7, 11) is 0. The maximum Gasteiger partial charge on any atom is 0.356 e. The number of rotatable bonds is 2. The van der Waals surface area contributed by atoms with Crippen LogP contribution < -0.4 is 4.74 Å². The molecule has 0 saturated heterocycles. The number of halogens is 2. The summed E-state index contributed by atoms with van der Waals surface area (Å²) in [5, 5.41) is 10.5. The average Bonchev–Trinajstić information content (AvgIpc) is 3.19. The SMILES string of the molecule is C[C@@H]1N=C(c2c(F)cccc2F)c2c(sc3c2COCCO3)-n2cc(C(=O)O)nc21. The number of fused-ring (bicyclic) bond motifs is 5. The zero-order valence-corrected chi connectivity index (χ0v) is 16.5. The van der Waals surface area contributed by atoms with Crippen molar-refractivity contribution < 1.29 is 28.2 Å². The van der Waals surface area contributed by atoms with Gasteiger partial charge in [0, 0.05) is 17.3 Å². The average molecular weight is 431 g/mol. The molecule has 10 heteroatoms. The summed E-state index contributed by atoms with van der Waals surface area (Å²) in [6, 6.07) is 3.00. The molecule has 1 atom stereocenters. The maximum atomic E-state index is 14.8. The molecule has 7 nitrogen and oxygen atoms in total. The Morgan fingerprint density at radius 1 is 1.27 bits per heavy atom. The standard InChI is InChI=1S/C20H15F2N3O4S/c1-9-17-24-13(19(26)27)7-25(17)18-14(10-8-28-5-6-29-20(10)30-18)16(23-9)15-11(21)3-2-4-12(15)22/h2-4,7,9H,5-6,8H2,1H3,(H,26,27)/t9-/m0/s1. The summed E-state index contributed by atoms with van der Waals surface area (Å²) in [5.41, 5.74) is 0.821. The Morgan fingerprint density at radius 3 is 2.77 bits per heavy atom. The van der Waals surface area contributed by atoms with Gasteiger partial charge in [-0.1, -0.05) is 17.4 Å². The molecule has 0 bridgehead atoms. The Kier molecular flexibility index (Phi) is 4.40. The smallest absolute Gasteiger partial charge is 0.356 e. The molecule has 3 aromatic rings. The number of benzene rings is 1. The predicted octanol–water partition coefficient (Wildman–Crippen LogP) is 3.73. The minimum absolute atomic E-state index is 0.127. The summed E-state index contributed by atoms with van der Waals surface area (Å²) in [6.45, 7) is 2.60. The number of thiophene rings is 1. The van der Waals surface area contributed by atoms with Gasteiger partial charge in [0.05, 0.1) is 24.5 Å². The molecule has 0 unspecified atom stereocenters. The maximum absolute atomic E-state index is 14.8. The molecule has 1 aromatic carbocycles. The highest BCUT2D eigenvalue weighted by Gasteiger charge is 2.34. The number of hydrogen-bond donors (Lipinski definition) is 1. The Balaban J connectivity index is 1.84. The quantitative estimate of drug-likeness (QED) is 0.668. The van der Waals surface area contributed by atoms with Crippen molar-refractivity contribution in [1.82, 2.24) is 9.55 Å². The molecule has 154 valence electrons. The summed E-state index contributed by atoms with van der Waals surface area (Å²) < 4.78 is 42.5. The molecule has 0 radical (unpaired) electrons. The molecule has 2 aromatic heterocycles. The third kappa shape index (κ3) is 2.83. The van der Waals surface area contributed by atoms with E-state index in [9.17, 15) is 18.7 Å². The van der Waals surface area contributed by atoms with Crippen LogP contribution in [0.25, 0.3) is 5.00 Å². The largest absolute Gasteiger partial charge is 0.481 e. The van der Waals surface area contributed by atoms with Crippen LogP contribution in [0.4, 0.5) is 8.78 Å². The summed E-state index contributed by atoms with van der Waals surface area (Å²) in [4.78, 5) is 20.3. The van der Waals surface area contributed by atoms with Crippen LogP contribution in [-0.4, -0.2) is 39.6 Å². The normalized spacial score (nSPS) is 17.7. The van der Waals surface area contributed by atoms with Gasteiger partial charge < -0.3 is 14.6 Å². The zero-order chi connectivity index (χ0) is 21.0. The number of imidazole rings is 1. The first-order valence-corrected chi connectivity index (χ1v) is 9.99. The molecular formula is C20H15F2N3O4S. The van der Waals surface area contributed by atoms with Gasteiger partial charge >= 0.3 is 5.97 Å². The van der Waals surface area contributed by atoms with E-state index >= 15 is 0 Å². The Morgan fingerprint density at radius 2 is 2.03 bits per heavy atom. The Hall–Kier alpha value is -3.11. The van der Waals surface area contributed by atoms with Crippen LogP contribution in [0.5, 0.6) is 5.06 Å². The van der Waals surface area contributed by atoms with Crippen LogP contribution in [0, 0.1) is 11.6 Å². The molecule has 0 fully saturated rings. The zero-order valence-electron chi connectivity index (χ0n) is 15.7. The molecule has 1 N–H and O–H groups in total. The van der Waals surface area contributed by atoms with Crippen molar-refractivity contribution in [2.45, 2.75) is 19.6 Å². The first-order valence-electron chi connectivity index (χ1n) is 9.17. The number of carboxylic acids is 1. The van der Waals surface area contributed by atoms with E-state index in [0.29, 0.717) is 40.2 Å². The van der Waals surface area contributed by atoms with Crippen LogP contribution in [0.2, 0.25) is 0 Å². The lowest BCUT2D eigenvalue weighted by atomic mass is 9.99. The highest BCUT2D eigenvalue weighted by atomic mass is 32.1. The van der Waals surface area contributed by atoms with Crippen molar-refractivity contribution in [1.29, 1.82) is 0 Å². The molecule has 2 aliphatic heterocycles. The second-order valence-corrected chi connectivity index (χ2v) is 7.82. The first kappa shape index (κ1) is 18.9. The van der Waals surface area contributed by atoms with Gasteiger partial charge in [0.1, 0.15) is 35.1 Å². The Labute approximate surface area is 173 Å². The van der Waals surface area contributed by atoms with E-state index in [1.54, 1.807) is 11.5 Å². The van der Waals surface area contributed by atoms with E-state index in [1.165, 1.54) is 35.7 Å². The van der Waals surface area contributed by atoms with Gasteiger partial charge in [0.2, 0.25) is 0 Å². The minimum Gasteiger partial charge on any atom is -0.481 e. The van der Waals surface area contributed by atoms with E-state index in [2.05, 4.69) is 9.98 Å². The number of ether oxygens (including phenoxy) is 2. The first-order chi connectivity index (χ1) is 14.5. The third-order valence-electron chi connectivity index (χ3n) is 4.96. The number of hydrogen-bond acceptors (Lipinski definition) is 6. The van der Waals surface area contributed by atoms with Gasteiger partial charge in [-0.3, -0.25) is 9.56 Å². The van der Waals surface area contributed by atoms with Gasteiger partial charge in [0.25, 0.3) is 0 Å².